The highest BCUT2D eigenvalue weighted by Crippen LogP contribution is 2.37. The van der Waals surface area contributed by atoms with Gasteiger partial charge in [0.1, 0.15) is 5.82 Å². The van der Waals surface area contributed by atoms with Crippen molar-refractivity contribution in [3.63, 3.8) is 0 Å². The number of rotatable bonds is 1. The smallest absolute Gasteiger partial charge is 0.129 e. The molecule has 2 heterocycles. The van der Waals surface area contributed by atoms with Crippen LogP contribution in [0.3, 0.4) is 0 Å². The molecule has 1 aliphatic heterocycles. The third kappa shape index (κ3) is 1.95. The molecule has 1 saturated carbocycles. The van der Waals surface area contributed by atoms with E-state index in [0.29, 0.717) is 23.4 Å². The second kappa shape index (κ2) is 4.58. The fraction of sp³-hybridized carbons (Fsp3) is 0.571. The minimum absolute atomic E-state index is 0.341. The zero-order chi connectivity index (χ0) is 12.5. The van der Waals surface area contributed by atoms with E-state index < -0.39 is 0 Å². The number of nitrogens with two attached hydrogens (primary N) is 1. The molecule has 4 nitrogen and oxygen atoms in total. The predicted molar refractivity (Wildman–Crippen MR) is 70.0 cm³/mol. The molecule has 0 radical (unpaired) electrons. The van der Waals surface area contributed by atoms with Crippen molar-refractivity contribution in [2.24, 2.45) is 17.6 Å². The van der Waals surface area contributed by atoms with Crippen LogP contribution in [0, 0.1) is 23.2 Å². The Kier molecular flexibility index (Phi) is 2.92. The van der Waals surface area contributed by atoms with Gasteiger partial charge < -0.3 is 10.6 Å². The van der Waals surface area contributed by atoms with Gasteiger partial charge in [-0.3, -0.25) is 0 Å². The zero-order valence-corrected chi connectivity index (χ0v) is 10.4. The predicted octanol–water partition coefficient (Wildman–Crippen LogP) is 1.52. The maximum absolute atomic E-state index is 8.94. The van der Waals surface area contributed by atoms with Gasteiger partial charge in [0.15, 0.2) is 0 Å². The fourth-order valence-electron chi connectivity index (χ4n) is 3.36. The third-order valence-electron chi connectivity index (χ3n) is 4.35. The van der Waals surface area contributed by atoms with Crippen LogP contribution in [0.2, 0.25) is 0 Å². The van der Waals surface area contributed by atoms with Crippen LogP contribution in [-0.4, -0.2) is 24.1 Å². The molecule has 2 fully saturated rings. The summed E-state index contributed by atoms with van der Waals surface area (Å²) in [6.45, 7) is 2.04. The van der Waals surface area contributed by atoms with Gasteiger partial charge in [0.05, 0.1) is 11.6 Å². The fourth-order valence-corrected chi connectivity index (χ4v) is 3.36. The molecule has 1 aliphatic carbocycles. The van der Waals surface area contributed by atoms with Crippen molar-refractivity contribution in [2.75, 3.05) is 18.0 Å². The molecule has 3 rings (SSSR count). The lowest BCUT2D eigenvalue weighted by Crippen LogP contribution is -2.38. The molecule has 0 spiro atoms. The van der Waals surface area contributed by atoms with Crippen molar-refractivity contribution in [3.05, 3.63) is 23.9 Å². The largest absolute Gasteiger partial charge is 0.356 e. The summed E-state index contributed by atoms with van der Waals surface area (Å²) in [7, 11) is 0. The van der Waals surface area contributed by atoms with Gasteiger partial charge in [0.2, 0.25) is 0 Å². The molecule has 2 N–H and O–H groups in total. The van der Waals surface area contributed by atoms with Gasteiger partial charge in [0, 0.05) is 25.3 Å². The van der Waals surface area contributed by atoms with Crippen molar-refractivity contribution in [2.45, 2.75) is 25.3 Å². The molecule has 1 saturated heterocycles. The van der Waals surface area contributed by atoms with E-state index in [9.17, 15) is 0 Å². The van der Waals surface area contributed by atoms with E-state index in [-0.39, 0.29) is 0 Å². The molecule has 3 unspecified atom stereocenters. The molecule has 0 bridgehead atoms. The van der Waals surface area contributed by atoms with Crippen LogP contribution in [0.15, 0.2) is 18.3 Å². The molecule has 2 aliphatic rings. The summed E-state index contributed by atoms with van der Waals surface area (Å²) in [4.78, 5) is 6.68. The normalized spacial score (nSPS) is 30.9. The van der Waals surface area contributed by atoms with Gasteiger partial charge in [-0.1, -0.05) is 6.42 Å². The average molecular weight is 242 g/mol. The van der Waals surface area contributed by atoms with Gasteiger partial charge in [-0.2, -0.15) is 5.26 Å². The van der Waals surface area contributed by atoms with Crippen molar-refractivity contribution in [1.29, 1.82) is 5.26 Å². The van der Waals surface area contributed by atoms with E-state index in [0.717, 1.165) is 25.3 Å². The average Bonchev–Trinajstić information content (AvgIpc) is 2.84. The van der Waals surface area contributed by atoms with E-state index in [1.807, 2.05) is 6.07 Å². The molecule has 4 heteroatoms. The Morgan fingerprint density at radius 3 is 3.06 bits per heavy atom. The second-order valence-corrected chi connectivity index (χ2v) is 5.44. The van der Waals surface area contributed by atoms with Gasteiger partial charge >= 0.3 is 0 Å². The Morgan fingerprint density at radius 2 is 2.28 bits per heavy atom. The summed E-state index contributed by atoms with van der Waals surface area (Å²) in [5.74, 6) is 2.24. The number of hydrogen-bond donors (Lipinski definition) is 1. The SMILES string of the molecule is N#Cc1ccnc(N2CC3CCCC(N)C3C2)c1. The van der Waals surface area contributed by atoms with Crippen molar-refractivity contribution >= 4 is 5.82 Å². The highest BCUT2D eigenvalue weighted by Gasteiger charge is 2.39. The van der Waals surface area contributed by atoms with E-state index in [2.05, 4.69) is 16.0 Å². The van der Waals surface area contributed by atoms with E-state index in [1.165, 1.54) is 12.8 Å². The maximum Gasteiger partial charge on any atom is 0.129 e. The summed E-state index contributed by atoms with van der Waals surface area (Å²) in [6.07, 6.45) is 5.41. The first-order valence-electron chi connectivity index (χ1n) is 6.64. The lowest BCUT2D eigenvalue weighted by atomic mass is 9.78. The molecule has 94 valence electrons. The number of aromatic nitrogens is 1. The highest BCUT2D eigenvalue weighted by atomic mass is 15.2. The van der Waals surface area contributed by atoms with Gasteiger partial charge in [-0.05, 0) is 36.8 Å². The molecule has 18 heavy (non-hydrogen) atoms. The summed E-state index contributed by atoms with van der Waals surface area (Å²) in [5, 5.41) is 8.94. The van der Waals surface area contributed by atoms with Crippen LogP contribution in [0.4, 0.5) is 5.82 Å². The molecule has 1 aromatic heterocycles. The Bertz CT molecular complexity index is 479. The number of nitriles is 1. The molecule has 3 atom stereocenters. The van der Waals surface area contributed by atoms with Gasteiger partial charge in [0.25, 0.3) is 0 Å². The first kappa shape index (κ1) is 11.5. The minimum Gasteiger partial charge on any atom is -0.356 e. The van der Waals surface area contributed by atoms with Gasteiger partial charge in [-0.15, -0.1) is 0 Å². The van der Waals surface area contributed by atoms with Crippen LogP contribution in [0.25, 0.3) is 0 Å². The zero-order valence-electron chi connectivity index (χ0n) is 10.4. The van der Waals surface area contributed by atoms with E-state index >= 15 is 0 Å². The van der Waals surface area contributed by atoms with Crippen LogP contribution >= 0.6 is 0 Å². The quantitative estimate of drug-likeness (QED) is 0.810. The van der Waals surface area contributed by atoms with Crippen LogP contribution in [0.1, 0.15) is 24.8 Å². The minimum atomic E-state index is 0.341. The Hall–Kier alpha value is -1.60. The molecule has 0 aromatic carbocycles. The first-order chi connectivity index (χ1) is 8.78. The van der Waals surface area contributed by atoms with Crippen LogP contribution < -0.4 is 10.6 Å². The summed E-state index contributed by atoms with van der Waals surface area (Å²) in [5.41, 5.74) is 6.90. The molecule has 0 amide bonds. The third-order valence-corrected chi connectivity index (χ3v) is 4.35. The lowest BCUT2D eigenvalue weighted by molar-refractivity contribution is 0.260. The van der Waals surface area contributed by atoms with Crippen molar-refractivity contribution in [1.82, 2.24) is 4.98 Å². The van der Waals surface area contributed by atoms with Crippen molar-refractivity contribution in [3.8, 4) is 6.07 Å². The number of hydrogen-bond acceptors (Lipinski definition) is 4. The molecular weight excluding hydrogens is 224 g/mol. The number of anilines is 1. The second-order valence-electron chi connectivity index (χ2n) is 5.44. The summed E-state index contributed by atoms with van der Waals surface area (Å²) < 4.78 is 0. The van der Waals surface area contributed by atoms with E-state index in [1.54, 1.807) is 12.3 Å². The summed E-state index contributed by atoms with van der Waals surface area (Å²) >= 11 is 0. The Labute approximate surface area is 107 Å². The lowest BCUT2D eigenvalue weighted by Gasteiger charge is -2.29. The topological polar surface area (TPSA) is 65.9 Å². The van der Waals surface area contributed by atoms with Crippen molar-refractivity contribution < 1.29 is 0 Å². The molecule has 1 aromatic rings. The van der Waals surface area contributed by atoms with Gasteiger partial charge in [-0.25, -0.2) is 4.98 Å². The number of pyridine rings is 1. The maximum atomic E-state index is 8.94. The highest BCUT2D eigenvalue weighted by molar-refractivity contribution is 5.46. The Morgan fingerprint density at radius 1 is 1.39 bits per heavy atom. The van der Waals surface area contributed by atoms with Crippen LogP contribution in [0.5, 0.6) is 0 Å². The van der Waals surface area contributed by atoms with E-state index in [4.69, 9.17) is 11.0 Å². The number of nitrogens with zero attached hydrogens (tertiary/aromatic N) is 3. The Balaban J connectivity index is 1.80. The number of fused-ring (bicyclic) bond motifs is 1. The summed E-state index contributed by atoms with van der Waals surface area (Å²) in [6, 6.07) is 6.14. The monoisotopic (exact) mass is 242 g/mol. The first-order valence-corrected chi connectivity index (χ1v) is 6.64. The standard InChI is InChI=1S/C14H18N4/c15-7-10-4-5-17-14(6-10)18-8-11-2-1-3-13(16)12(11)9-18/h4-6,11-13H,1-3,8-9,16H2. The van der Waals surface area contributed by atoms with Crippen LogP contribution in [-0.2, 0) is 0 Å². The molecular formula is C14H18N4.